The Labute approximate surface area is 154 Å². The molecule has 0 saturated carbocycles. The second-order valence-corrected chi connectivity index (χ2v) is 6.45. The number of aliphatic hydroxyl groups is 1. The predicted octanol–water partition coefficient (Wildman–Crippen LogP) is 0.232. The van der Waals surface area contributed by atoms with Gasteiger partial charge in [-0.05, 0) is 17.5 Å². The zero-order valence-corrected chi connectivity index (χ0v) is 14.9. The second kappa shape index (κ2) is 7.92. The number of hydrogen-bond donors (Lipinski definition) is 3. The fraction of sp³-hybridized carbons (Fsp3) is 0.600. The van der Waals surface area contributed by atoms with Crippen LogP contribution in [0.3, 0.4) is 0 Å². The molecule has 0 bridgehead atoms. The number of alkyl halides is 1. The summed E-state index contributed by atoms with van der Waals surface area (Å²) in [4.78, 5) is 19.9. The van der Waals surface area contributed by atoms with E-state index < -0.39 is 42.8 Å². The lowest BCUT2D eigenvalue weighted by Crippen LogP contribution is -2.49. The van der Waals surface area contributed by atoms with Crippen LogP contribution < -0.4 is 11.5 Å². The van der Waals surface area contributed by atoms with Crippen molar-refractivity contribution < 1.29 is 23.8 Å². The van der Waals surface area contributed by atoms with Crippen molar-refractivity contribution in [2.24, 2.45) is 27.5 Å². The number of aliphatic imine (C=N–C) groups is 1. The molecule has 2 aliphatic heterocycles. The Morgan fingerprint density at radius 3 is 2.89 bits per heavy atom. The van der Waals surface area contributed by atoms with Crippen LogP contribution >= 0.6 is 0 Å². The molecule has 12 heteroatoms. The first-order valence-corrected chi connectivity index (χ1v) is 8.11. The summed E-state index contributed by atoms with van der Waals surface area (Å²) in [6.07, 6.45) is -2.43. The number of ether oxygens (including phenoxy) is 2. The van der Waals surface area contributed by atoms with Gasteiger partial charge in [-0.1, -0.05) is 25.5 Å². The Morgan fingerprint density at radius 2 is 2.37 bits per heavy atom. The average molecular weight is 383 g/mol. The van der Waals surface area contributed by atoms with Gasteiger partial charge >= 0.3 is 5.97 Å². The molecule has 11 nitrogen and oxygen atoms in total. The Bertz CT molecular complexity index is 721. The van der Waals surface area contributed by atoms with Gasteiger partial charge in [0.2, 0.25) is 5.72 Å². The Balaban J connectivity index is 2.35. The van der Waals surface area contributed by atoms with Crippen LogP contribution in [0.25, 0.3) is 10.4 Å². The maximum atomic E-state index is 15.2. The van der Waals surface area contributed by atoms with E-state index in [2.05, 4.69) is 21.6 Å². The highest BCUT2D eigenvalue weighted by molar-refractivity contribution is 5.92. The monoisotopic (exact) mass is 383 g/mol. The minimum atomic E-state index is -2.17. The van der Waals surface area contributed by atoms with Gasteiger partial charge in [0, 0.05) is 11.1 Å². The van der Waals surface area contributed by atoms with Gasteiger partial charge in [0.1, 0.15) is 17.7 Å². The first kappa shape index (κ1) is 20.6. The average Bonchev–Trinajstić information content (AvgIpc) is 2.87. The van der Waals surface area contributed by atoms with Crippen molar-refractivity contribution in [1.29, 1.82) is 0 Å². The summed E-state index contributed by atoms with van der Waals surface area (Å²) < 4.78 is 25.8. The summed E-state index contributed by atoms with van der Waals surface area (Å²) in [5.74, 6) is -0.984. The molecule has 1 saturated heterocycles. The summed E-state index contributed by atoms with van der Waals surface area (Å²) in [6, 6.07) is -1.03. The SMILES string of the molecule is C=C1N=C(N)C=CN1[C@@H]1O[C@@](CO)(N=[N+]=[N-])[C@@H](OC(=O)C(N)C(C)C)[C@H]1F. The molecule has 1 unspecified atom stereocenters. The molecule has 0 aliphatic carbocycles. The fourth-order valence-electron chi connectivity index (χ4n) is 2.62. The van der Waals surface area contributed by atoms with E-state index in [0.717, 1.165) is 0 Å². The van der Waals surface area contributed by atoms with Crippen molar-refractivity contribution in [3.8, 4) is 0 Å². The van der Waals surface area contributed by atoms with Crippen LogP contribution in [0.15, 0.2) is 34.8 Å². The van der Waals surface area contributed by atoms with E-state index in [4.69, 9.17) is 26.5 Å². The number of carbonyl (C=O) groups excluding carboxylic acids is 1. The van der Waals surface area contributed by atoms with Crippen molar-refractivity contribution in [1.82, 2.24) is 4.90 Å². The molecular weight excluding hydrogens is 361 g/mol. The molecule has 0 radical (unpaired) electrons. The third-order valence-corrected chi connectivity index (χ3v) is 4.24. The highest BCUT2D eigenvalue weighted by atomic mass is 19.1. The van der Waals surface area contributed by atoms with Crippen molar-refractivity contribution >= 4 is 11.8 Å². The molecule has 2 rings (SSSR count). The third-order valence-electron chi connectivity index (χ3n) is 4.24. The smallest absolute Gasteiger partial charge is 0.323 e. The summed E-state index contributed by atoms with van der Waals surface area (Å²) >= 11 is 0. The van der Waals surface area contributed by atoms with Crippen molar-refractivity contribution in [3.63, 3.8) is 0 Å². The van der Waals surface area contributed by atoms with Crippen LogP contribution in [0.5, 0.6) is 0 Å². The number of nitrogens with zero attached hydrogens (tertiary/aromatic N) is 5. The van der Waals surface area contributed by atoms with Gasteiger partial charge in [-0.2, -0.15) is 0 Å². The molecular formula is C15H22FN7O4. The van der Waals surface area contributed by atoms with Crippen LogP contribution in [-0.4, -0.2) is 58.7 Å². The van der Waals surface area contributed by atoms with E-state index in [9.17, 15) is 9.90 Å². The lowest BCUT2D eigenvalue weighted by Gasteiger charge is -2.30. The van der Waals surface area contributed by atoms with E-state index in [1.165, 1.54) is 17.2 Å². The summed E-state index contributed by atoms with van der Waals surface area (Å²) in [5.41, 5.74) is 17.9. The topological polar surface area (TPSA) is 172 Å². The number of hydrogen-bond acceptors (Lipinski definition) is 9. The number of halogens is 1. The normalized spacial score (nSPS) is 31.5. The standard InChI is InChI=1S/C15H22FN7O4/c1-7(2)11(18)14(25)26-12-10(16)13(27-15(12,6-24)21-22-19)23-5-4-9(17)20-8(23)3/h4-5,7,10-13,24H,3,6,18H2,1-2H3,(H2,17,20)/t10-,11?,12+,13-,15-/m1/s1. The van der Waals surface area contributed by atoms with Gasteiger partial charge < -0.3 is 30.9 Å². The summed E-state index contributed by atoms with van der Waals surface area (Å²) in [5, 5.41) is 13.1. The number of carbonyl (C=O) groups is 1. The molecule has 148 valence electrons. The first-order valence-electron chi connectivity index (χ1n) is 8.11. The van der Waals surface area contributed by atoms with Gasteiger partial charge in [-0.25, -0.2) is 9.38 Å². The van der Waals surface area contributed by atoms with Crippen LogP contribution in [0.4, 0.5) is 4.39 Å². The zero-order chi connectivity index (χ0) is 20.4. The molecule has 0 spiro atoms. The highest BCUT2D eigenvalue weighted by Crippen LogP contribution is 2.40. The van der Waals surface area contributed by atoms with Gasteiger partial charge in [0.25, 0.3) is 0 Å². The number of aliphatic hydroxyl groups excluding tert-OH is 1. The number of amidine groups is 1. The Morgan fingerprint density at radius 1 is 1.70 bits per heavy atom. The van der Waals surface area contributed by atoms with Gasteiger partial charge in [0.15, 0.2) is 18.5 Å². The molecule has 2 aliphatic rings. The molecule has 27 heavy (non-hydrogen) atoms. The van der Waals surface area contributed by atoms with Crippen LogP contribution in [0.2, 0.25) is 0 Å². The molecule has 0 amide bonds. The minimum Gasteiger partial charge on any atom is -0.455 e. The summed E-state index contributed by atoms with van der Waals surface area (Å²) in [6.45, 7) is 6.09. The van der Waals surface area contributed by atoms with Crippen molar-refractivity contribution in [3.05, 3.63) is 35.1 Å². The molecule has 2 heterocycles. The van der Waals surface area contributed by atoms with Gasteiger partial charge in [-0.15, -0.1) is 0 Å². The maximum Gasteiger partial charge on any atom is 0.323 e. The molecule has 0 aromatic heterocycles. The van der Waals surface area contributed by atoms with Crippen molar-refractivity contribution in [2.75, 3.05) is 6.61 Å². The fourth-order valence-corrected chi connectivity index (χ4v) is 2.62. The van der Waals surface area contributed by atoms with E-state index in [1.807, 2.05) is 0 Å². The maximum absolute atomic E-state index is 15.2. The minimum absolute atomic E-state index is 0.0567. The van der Waals surface area contributed by atoms with Crippen molar-refractivity contribution in [2.45, 2.75) is 44.1 Å². The first-order chi connectivity index (χ1) is 12.7. The molecule has 5 N–H and O–H groups in total. The van der Waals surface area contributed by atoms with Gasteiger partial charge in [0.05, 0.1) is 6.61 Å². The number of nitrogens with two attached hydrogens (primary N) is 2. The largest absolute Gasteiger partial charge is 0.455 e. The molecule has 1 fully saturated rings. The van der Waals surface area contributed by atoms with E-state index in [1.54, 1.807) is 13.8 Å². The lowest BCUT2D eigenvalue weighted by atomic mass is 10.0. The van der Waals surface area contributed by atoms with Gasteiger partial charge in [-0.3, -0.25) is 4.79 Å². The molecule has 0 aromatic rings. The Hall–Kier alpha value is -2.66. The lowest BCUT2D eigenvalue weighted by molar-refractivity contribution is -0.170. The molecule has 5 atom stereocenters. The van der Waals surface area contributed by atoms with Crippen LogP contribution in [0.1, 0.15) is 13.8 Å². The van der Waals surface area contributed by atoms with E-state index in [0.29, 0.717) is 0 Å². The van der Waals surface area contributed by atoms with Crippen LogP contribution in [-0.2, 0) is 14.3 Å². The number of rotatable bonds is 6. The Kier molecular flexibility index (Phi) is 6.06. The van der Waals surface area contributed by atoms with E-state index in [-0.39, 0.29) is 17.6 Å². The van der Waals surface area contributed by atoms with E-state index >= 15 is 4.39 Å². The highest BCUT2D eigenvalue weighted by Gasteiger charge is 2.60. The molecule has 0 aromatic carbocycles. The summed E-state index contributed by atoms with van der Waals surface area (Å²) in [7, 11) is 0. The number of azide groups is 1. The quantitative estimate of drug-likeness (QED) is 0.255. The number of esters is 1. The third kappa shape index (κ3) is 3.88. The predicted molar refractivity (Wildman–Crippen MR) is 93.2 cm³/mol. The zero-order valence-electron chi connectivity index (χ0n) is 14.9. The van der Waals surface area contributed by atoms with Crippen LogP contribution in [0, 0.1) is 5.92 Å². The second-order valence-electron chi connectivity index (χ2n) is 6.45.